The number of esters is 2. The molecule has 2 atom stereocenters. The normalized spacial score (nSPS) is 14.4. The molecule has 0 heterocycles. The number of rotatable bonds is 47. The van der Waals surface area contributed by atoms with Gasteiger partial charge in [-0.15, -0.1) is 0 Å². The van der Waals surface area contributed by atoms with Gasteiger partial charge in [0.15, 0.2) is 6.10 Å². The Morgan fingerprint density at radius 1 is 0.443 bits per heavy atom. The zero-order chi connectivity index (χ0) is 51.3. The second kappa shape index (κ2) is 50.1. The molecule has 0 aromatic rings. The topological polar surface area (TPSA) is 108 Å². The molecule has 0 radical (unpaired) electrons. The van der Waals surface area contributed by atoms with Crippen LogP contribution in [0.2, 0.25) is 0 Å². The largest absolute Gasteiger partial charge is 0.472 e. The van der Waals surface area contributed by atoms with Crippen LogP contribution in [0.3, 0.4) is 0 Å². The van der Waals surface area contributed by atoms with Gasteiger partial charge in [0.05, 0.1) is 27.7 Å². The molecule has 0 saturated carbocycles. The molecule has 0 aromatic carbocycles. The van der Waals surface area contributed by atoms with Gasteiger partial charge in [-0.3, -0.25) is 18.6 Å². The number of hydrogen-bond donors (Lipinski definition) is 1. The number of phosphoric ester groups is 1. The van der Waals surface area contributed by atoms with Crippen molar-refractivity contribution >= 4 is 19.8 Å². The van der Waals surface area contributed by atoms with Crippen molar-refractivity contribution in [1.82, 2.24) is 0 Å². The van der Waals surface area contributed by atoms with E-state index < -0.39 is 32.5 Å². The number of unbranched alkanes of at least 4 members (excludes halogenated alkanes) is 11. The van der Waals surface area contributed by atoms with Crippen molar-refractivity contribution in [2.24, 2.45) is 0 Å². The van der Waals surface area contributed by atoms with Gasteiger partial charge < -0.3 is 18.9 Å². The van der Waals surface area contributed by atoms with E-state index in [-0.39, 0.29) is 26.1 Å². The fraction of sp³-hybridized carbons (Fsp3) is 0.600. The van der Waals surface area contributed by atoms with Crippen LogP contribution in [0.15, 0.2) is 134 Å². The summed E-state index contributed by atoms with van der Waals surface area (Å²) in [5.74, 6) is -0.851. The lowest BCUT2D eigenvalue weighted by atomic mass is 10.1. The maximum absolute atomic E-state index is 12.8. The summed E-state index contributed by atoms with van der Waals surface area (Å²) in [6.45, 7) is 4.14. The Kier molecular flexibility index (Phi) is 47.3. The van der Waals surface area contributed by atoms with E-state index in [1.165, 1.54) is 19.3 Å². The predicted molar refractivity (Wildman–Crippen MR) is 297 cm³/mol. The summed E-state index contributed by atoms with van der Waals surface area (Å²) in [4.78, 5) is 35.6. The van der Waals surface area contributed by atoms with Crippen LogP contribution < -0.4 is 0 Å². The Balaban J connectivity index is 4.33. The number of quaternary nitrogens is 1. The summed E-state index contributed by atoms with van der Waals surface area (Å²) in [5, 5.41) is 0. The van der Waals surface area contributed by atoms with Gasteiger partial charge in [-0.25, -0.2) is 4.57 Å². The average molecular weight is 993 g/mol. The number of carbonyl (C=O) groups is 2. The van der Waals surface area contributed by atoms with Crippen LogP contribution in [0.5, 0.6) is 0 Å². The molecule has 0 aliphatic heterocycles. The van der Waals surface area contributed by atoms with Crippen molar-refractivity contribution in [1.29, 1.82) is 0 Å². The lowest BCUT2D eigenvalue weighted by Crippen LogP contribution is -2.37. The van der Waals surface area contributed by atoms with E-state index in [0.29, 0.717) is 17.4 Å². The van der Waals surface area contributed by atoms with Crippen molar-refractivity contribution in [2.45, 2.75) is 187 Å². The minimum Gasteiger partial charge on any atom is -0.462 e. The second-order valence-corrected chi connectivity index (χ2v) is 19.9. The van der Waals surface area contributed by atoms with E-state index in [4.69, 9.17) is 18.5 Å². The molecule has 1 N–H and O–H groups in total. The smallest absolute Gasteiger partial charge is 0.462 e. The van der Waals surface area contributed by atoms with Gasteiger partial charge in [-0.2, -0.15) is 0 Å². The SMILES string of the molecule is CC/C=C\C/C=C\C/C=C\C/C=C\C/C=C\C/C=C\C/C=C\C/C=C\CCCCCCC(=O)OC(COC(=O)CCCCCCCCC/C=C\C/C=C\C/C=C\CC)COP(=O)(O)OCC[N+](C)(C)C. The zero-order valence-corrected chi connectivity index (χ0v) is 45.6. The molecule has 0 aliphatic carbocycles. The molecule has 0 aromatic heterocycles. The highest BCUT2D eigenvalue weighted by molar-refractivity contribution is 7.47. The number of nitrogens with zero attached hydrogens (tertiary/aromatic N) is 1. The first-order chi connectivity index (χ1) is 34.0. The van der Waals surface area contributed by atoms with Crippen LogP contribution in [0.25, 0.3) is 0 Å². The monoisotopic (exact) mass is 993 g/mol. The molecule has 0 aliphatic rings. The molecule has 396 valence electrons. The third kappa shape index (κ3) is 53.5. The number of hydrogen-bond acceptors (Lipinski definition) is 7. The van der Waals surface area contributed by atoms with Crippen LogP contribution in [0.4, 0.5) is 0 Å². The number of allylic oxidation sites excluding steroid dienone is 22. The van der Waals surface area contributed by atoms with Crippen molar-refractivity contribution < 1.29 is 42.1 Å². The van der Waals surface area contributed by atoms with Crippen molar-refractivity contribution in [3.63, 3.8) is 0 Å². The van der Waals surface area contributed by atoms with Crippen molar-refractivity contribution in [3.8, 4) is 0 Å². The highest BCUT2D eigenvalue weighted by Gasteiger charge is 2.27. The maximum atomic E-state index is 12.8. The average Bonchev–Trinajstić information content (AvgIpc) is 3.32. The van der Waals surface area contributed by atoms with Crippen LogP contribution in [-0.4, -0.2) is 74.9 Å². The number of ether oxygens (including phenoxy) is 2. The van der Waals surface area contributed by atoms with Crippen LogP contribution >= 0.6 is 7.82 Å². The molecule has 2 unspecified atom stereocenters. The van der Waals surface area contributed by atoms with Gasteiger partial charge in [0.2, 0.25) is 0 Å². The third-order valence-corrected chi connectivity index (χ3v) is 11.7. The van der Waals surface area contributed by atoms with E-state index in [2.05, 4.69) is 148 Å². The van der Waals surface area contributed by atoms with E-state index in [9.17, 15) is 19.0 Å². The summed E-state index contributed by atoms with van der Waals surface area (Å²) >= 11 is 0. The number of phosphoric acid groups is 1. The van der Waals surface area contributed by atoms with Crippen LogP contribution in [-0.2, 0) is 32.7 Å². The van der Waals surface area contributed by atoms with Gasteiger partial charge in [-0.05, 0) is 109 Å². The molecular weight excluding hydrogens is 894 g/mol. The molecule has 70 heavy (non-hydrogen) atoms. The molecule has 0 amide bonds. The van der Waals surface area contributed by atoms with Crippen LogP contribution in [0, 0.1) is 0 Å². The van der Waals surface area contributed by atoms with Gasteiger partial charge >= 0.3 is 19.8 Å². The molecule has 0 spiro atoms. The summed E-state index contributed by atoms with van der Waals surface area (Å²) in [5.41, 5.74) is 0. The summed E-state index contributed by atoms with van der Waals surface area (Å²) < 4.78 is 34.4. The third-order valence-electron chi connectivity index (χ3n) is 10.7. The molecule has 0 saturated heterocycles. The minimum atomic E-state index is -4.40. The Morgan fingerprint density at radius 3 is 1.14 bits per heavy atom. The molecule has 0 fully saturated rings. The van der Waals surface area contributed by atoms with Gasteiger partial charge in [0.1, 0.15) is 19.8 Å². The quantitative estimate of drug-likeness (QED) is 0.0211. The Labute approximate surface area is 428 Å². The van der Waals surface area contributed by atoms with E-state index in [0.717, 1.165) is 128 Å². The second-order valence-electron chi connectivity index (χ2n) is 18.5. The summed E-state index contributed by atoms with van der Waals surface area (Å²) in [6.07, 6.45) is 72.2. The molecule has 9 nitrogen and oxygen atoms in total. The standard InChI is InChI=1S/C60H98NO8P/c1-6-8-10-12-14-16-18-20-22-24-25-26-27-28-29-30-31-32-33-34-35-37-39-41-43-45-47-49-51-53-60(63)69-58(57-68-70(64,65)67-55-54-61(3,4)5)56-66-59(62)52-50-48-46-44-42-40-38-36-23-21-19-17-15-13-11-9-7-2/h8-11,14-17,20-23,25-26,28-29,31-32,34-35,39,41,58H,6-7,12-13,18-19,24,27,30,33,36-38,40,42-57H2,1-5H3/p+1/b10-8-,11-9-,16-14-,17-15-,22-20-,23-21-,26-25-,29-28-,32-31-,35-34-,41-39-. The van der Waals surface area contributed by atoms with Crippen molar-refractivity contribution in [3.05, 3.63) is 134 Å². The predicted octanol–water partition coefficient (Wildman–Crippen LogP) is 16.6. The number of carbonyl (C=O) groups excluding carboxylic acids is 2. The van der Waals surface area contributed by atoms with Crippen molar-refractivity contribution in [2.75, 3.05) is 47.5 Å². The highest BCUT2D eigenvalue weighted by atomic mass is 31.2. The van der Waals surface area contributed by atoms with Crippen LogP contribution in [0.1, 0.15) is 181 Å². The Bertz CT molecular complexity index is 1640. The number of likely N-dealkylation sites (N-methyl/N-ethyl adjacent to an activating group) is 1. The molecule has 0 rings (SSSR count). The summed E-state index contributed by atoms with van der Waals surface area (Å²) in [6, 6.07) is 0. The first-order valence-electron chi connectivity index (χ1n) is 26.9. The van der Waals surface area contributed by atoms with E-state index in [1.54, 1.807) is 0 Å². The van der Waals surface area contributed by atoms with Gasteiger partial charge in [0, 0.05) is 12.8 Å². The molecule has 0 bridgehead atoms. The minimum absolute atomic E-state index is 0.0163. The Hall–Kier alpha value is -3.85. The van der Waals surface area contributed by atoms with E-state index in [1.807, 2.05) is 21.1 Å². The molecule has 10 heteroatoms. The summed E-state index contributed by atoms with van der Waals surface area (Å²) in [7, 11) is 1.43. The fourth-order valence-corrected chi connectivity index (χ4v) is 7.31. The Morgan fingerprint density at radius 2 is 0.771 bits per heavy atom. The van der Waals surface area contributed by atoms with Gasteiger partial charge in [0.25, 0.3) is 0 Å². The lowest BCUT2D eigenvalue weighted by molar-refractivity contribution is -0.870. The zero-order valence-electron chi connectivity index (χ0n) is 44.7. The van der Waals surface area contributed by atoms with Gasteiger partial charge in [-0.1, -0.05) is 192 Å². The highest BCUT2D eigenvalue weighted by Crippen LogP contribution is 2.43. The fourth-order valence-electron chi connectivity index (χ4n) is 6.57. The maximum Gasteiger partial charge on any atom is 0.472 e. The lowest BCUT2D eigenvalue weighted by Gasteiger charge is -2.24. The first kappa shape index (κ1) is 66.2. The van der Waals surface area contributed by atoms with E-state index >= 15 is 0 Å². The first-order valence-corrected chi connectivity index (χ1v) is 28.4. The molecular formula is C60H99NO8P+.